The van der Waals surface area contributed by atoms with E-state index in [1.165, 1.54) is 18.3 Å². The van der Waals surface area contributed by atoms with Gasteiger partial charge in [-0.25, -0.2) is 4.39 Å². The smallest absolute Gasteiger partial charge is 0.191 e. The molecule has 0 aliphatic rings. The van der Waals surface area contributed by atoms with E-state index in [2.05, 4.69) is 15.8 Å². The normalized spacial score (nSPS) is 10.5. The molecule has 6 heteroatoms. The zero-order valence-corrected chi connectivity index (χ0v) is 10.1. The van der Waals surface area contributed by atoms with Crippen molar-refractivity contribution in [3.8, 4) is 0 Å². The minimum Gasteiger partial charge on any atom is -0.463 e. The summed E-state index contributed by atoms with van der Waals surface area (Å²) in [7, 11) is 0. The van der Waals surface area contributed by atoms with Gasteiger partial charge in [0, 0.05) is 5.69 Å². The Morgan fingerprint density at radius 2 is 2.06 bits per heavy atom. The summed E-state index contributed by atoms with van der Waals surface area (Å²) in [6.07, 6.45) is 3.05. The van der Waals surface area contributed by atoms with E-state index in [1.807, 2.05) is 0 Å². The Morgan fingerprint density at radius 1 is 1.28 bits per heavy atom. The van der Waals surface area contributed by atoms with Gasteiger partial charge in [0.25, 0.3) is 0 Å². The standard InChI is InChI=1S/C12H10FN3OS/c13-9-3-5-10(6-4-9)15-12(18)16-14-8-11-2-1-7-17-11/h1-8H,(H2,15,16,18). The van der Waals surface area contributed by atoms with E-state index in [-0.39, 0.29) is 5.82 Å². The zero-order valence-electron chi connectivity index (χ0n) is 9.26. The average Bonchev–Trinajstić information content (AvgIpc) is 2.85. The molecule has 2 aromatic rings. The summed E-state index contributed by atoms with van der Waals surface area (Å²) in [5.41, 5.74) is 3.30. The predicted octanol–water partition coefficient (Wildman–Crippen LogP) is 2.74. The summed E-state index contributed by atoms with van der Waals surface area (Å²) < 4.78 is 17.7. The van der Waals surface area contributed by atoms with E-state index in [9.17, 15) is 4.39 Å². The fraction of sp³-hybridized carbons (Fsp3) is 0. The van der Waals surface area contributed by atoms with Crippen LogP contribution in [-0.4, -0.2) is 11.3 Å². The molecule has 92 valence electrons. The molecule has 0 aliphatic heterocycles. The number of anilines is 1. The molecular formula is C12H10FN3OS. The minimum atomic E-state index is -0.296. The number of hydrogen-bond donors (Lipinski definition) is 2. The van der Waals surface area contributed by atoms with Crippen molar-refractivity contribution in [1.29, 1.82) is 0 Å². The third-order valence-electron chi connectivity index (χ3n) is 2.00. The Bertz CT molecular complexity index is 537. The first kappa shape index (κ1) is 12.3. The number of hydrazone groups is 1. The van der Waals surface area contributed by atoms with Gasteiger partial charge in [-0.05, 0) is 48.6 Å². The van der Waals surface area contributed by atoms with Gasteiger partial charge in [-0.15, -0.1) is 0 Å². The molecule has 2 N–H and O–H groups in total. The lowest BCUT2D eigenvalue weighted by molar-refractivity contribution is 0.560. The topological polar surface area (TPSA) is 49.6 Å². The van der Waals surface area contributed by atoms with Crippen LogP contribution in [0.15, 0.2) is 52.2 Å². The first-order chi connectivity index (χ1) is 8.74. The van der Waals surface area contributed by atoms with Crippen LogP contribution in [0, 0.1) is 5.82 Å². The molecule has 0 aliphatic carbocycles. The molecule has 0 radical (unpaired) electrons. The summed E-state index contributed by atoms with van der Waals surface area (Å²) in [5.74, 6) is 0.322. The van der Waals surface area contributed by atoms with Gasteiger partial charge < -0.3 is 9.73 Å². The SMILES string of the molecule is Fc1ccc(NC(=S)NN=Cc2ccco2)cc1. The van der Waals surface area contributed by atoms with E-state index >= 15 is 0 Å². The molecule has 0 saturated carbocycles. The lowest BCUT2D eigenvalue weighted by Crippen LogP contribution is -2.23. The Morgan fingerprint density at radius 3 is 2.72 bits per heavy atom. The van der Waals surface area contributed by atoms with Crippen LogP contribution in [0.3, 0.4) is 0 Å². The highest BCUT2D eigenvalue weighted by Gasteiger charge is 1.96. The van der Waals surface area contributed by atoms with Crippen molar-refractivity contribution in [2.45, 2.75) is 0 Å². The molecule has 0 fully saturated rings. The maximum absolute atomic E-state index is 12.7. The Balaban J connectivity index is 1.84. The summed E-state index contributed by atoms with van der Waals surface area (Å²) in [5, 5.41) is 7.05. The number of hydrogen-bond acceptors (Lipinski definition) is 3. The molecule has 0 atom stereocenters. The molecule has 1 aromatic carbocycles. The molecule has 0 bridgehead atoms. The van der Waals surface area contributed by atoms with Gasteiger partial charge in [-0.2, -0.15) is 5.10 Å². The number of halogens is 1. The molecule has 1 heterocycles. The Kier molecular flexibility index (Phi) is 4.03. The second kappa shape index (κ2) is 5.92. The summed E-state index contributed by atoms with van der Waals surface area (Å²) in [6.45, 7) is 0. The highest BCUT2D eigenvalue weighted by molar-refractivity contribution is 7.80. The van der Waals surface area contributed by atoms with Crippen molar-refractivity contribution in [3.05, 3.63) is 54.2 Å². The molecule has 0 unspecified atom stereocenters. The summed E-state index contributed by atoms with van der Waals surface area (Å²) in [4.78, 5) is 0. The van der Waals surface area contributed by atoms with Gasteiger partial charge in [0.1, 0.15) is 11.6 Å². The fourth-order valence-electron chi connectivity index (χ4n) is 1.21. The third kappa shape index (κ3) is 3.67. The van der Waals surface area contributed by atoms with Crippen molar-refractivity contribution in [1.82, 2.24) is 5.43 Å². The first-order valence-electron chi connectivity index (χ1n) is 5.13. The van der Waals surface area contributed by atoms with Gasteiger partial charge in [0.15, 0.2) is 5.11 Å². The summed E-state index contributed by atoms with van der Waals surface area (Å²) >= 11 is 5.00. The molecule has 4 nitrogen and oxygen atoms in total. The van der Waals surface area contributed by atoms with E-state index in [4.69, 9.17) is 16.6 Å². The minimum absolute atomic E-state index is 0.296. The van der Waals surface area contributed by atoms with Crippen LogP contribution in [-0.2, 0) is 0 Å². The van der Waals surface area contributed by atoms with E-state index in [0.29, 0.717) is 16.6 Å². The Labute approximate surface area is 109 Å². The van der Waals surface area contributed by atoms with Crippen LogP contribution in [0.4, 0.5) is 10.1 Å². The second-order valence-electron chi connectivity index (χ2n) is 3.35. The van der Waals surface area contributed by atoms with Crippen molar-refractivity contribution in [2.75, 3.05) is 5.32 Å². The van der Waals surface area contributed by atoms with Gasteiger partial charge >= 0.3 is 0 Å². The number of furan rings is 1. The van der Waals surface area contributed by atoms with Crippen molar-refractivity contribution in [3.63, 3.8) is 0 Å². The van der Waals surface area contributed by atoms with Crippen LogP contribution in [0.1, 0.15) is 5.76 Å². The predicted molar refractivity (Wildman–Crippen MR) is 72.1 cm³/mol. The molecule has 0 amide bonds. The molecule has 1 aromatic heterocycles. The van der Waals surface area contributed by atoms with E-state index < -0.39 is 0 Å². The van der Waals surface area contributed by atoms with E-state index in [1.54, 1.807) is 30.5 Å². The second-order valence-corrected chi connectivity index (χ2v) is 3.75. The number of thiocarbonyl (C=S) groups is 1. The van der Waals surface area contributed by atoms with Gasteiger partial charge in [0.05, 0.1) is 12.5 Å². The summed E-state index contributed by atoms with van der Waals surface area (Å²) in [6, 6.07) is 9.38. The van der Waals surface area contributed by atoms with Gasteiger partial charge in [-0.3, -0.25) is 5.43 Å². The fourth-order valence-corrected chi connectivity index (χ4v) is 1.38. The largest absolute Gasteiger partial charge is 0.463 e. The monoisotopic (exact) mass is 263 g/mol. The van der Waals surface area contributed by atoms with Gasteiger partial charge in [-0.1, -0.05) is 0 Å². The third-order valence-corrected chi connectivity index (χ3v) is 2.20. The highest BCUT2D eigenvalue weighted by atomic mass is 32.1. The number of rotatable bonds is 3. The highest BCUT2D eigenvalue weighted by Crippen LogP contribution is 2.07. The van der Waals surface area contributed by atoms with Crippen molar-refractivity contribution >= 4 is 29.2 Å². The number of nitrogens with zero attached hydrogens (tertiary/aromatic N) is 1. The van der Waals surface area contributed by atoms with Crippen molar-refractivity contribution in [2.24, 2.45) is 5.10 Å². The lowest BCUT2D eigenvalue weighted by atomic mass is 10.3. The molecular weight excluding hydrogens is 253 g/mol. The van der Waals surface area contributed by atoms with Crippen LogP contribution in [0.25, 0.3) is 0 Å². The number of nitrogens with one attached hydrogen (secondary N) is 2. The zero-order chi connectivity index (χ0) is 12.8. The quantitative estimate of drug-likeness (QED) is 0.508. The molecule has 0 saturated heterocycles. The molecule has 2 rings (SSSR count). The maximum atomic E-state index is 12.7. The van der Waals surface area contributed by atoms with Crippen molar-refractivity contribution < 1.29 is 8.81 Å². The molecule has 0 spiro atoms. The Hall–Kier alpha value is -2.21. The van der Waals surface area contributed by atoms with Crippen LogP contribution < -0.4 is 10.7 Å². The first-order valence-corrected chi connectivity index (χ1v) is 5.54. The maximum Gasteiger partial charge on any atom is 0.191 e. The van der Waals surface area contributed by atoms with Crippen LogP contribution in [0.2, 0.25) is 0 Å². The number of benzene rings is 1. The van der Waals surface area contributed by atoms with E-state index in [0.717, 1.165) is 0 Å². The van der Waals surface area contributed by atoms with Gasteiger partial charge in [0.2, 0.25) is 0 Å². The lowest BCUT2D eigenvalue weighted by Gasteiger charge is -2.06. The van der Waals surface area contributed by atoms with Crippen LogP contribution in [0.5, 0.6) is 0 Å². The average molecular weight is 263 g/mol. The molecule has 18 heavy (non-hydrogen) atoms. The van der Waals surface area contributed by atoms with Crippen LogP contribution >= 0.6 is 12.2 Å².